The van der Waals surface area contributed by atoms with Gasteiger partial charge in [-0.15, -0.1) is 0 Å². The maximum absolute atomic E-state index is 13.9. The molecule has 0 bridgehead atoms. The zero-order valence-electron chi connectivity index (χ0n) is 19.9. The molecule has 2 unspecified atom stereocenters. The molecule has 0 amide bonds. The average Bonchev–Trinajstić information content (AvgIpc) is 3.49. The number of halogens is 1. The van der Waals surface area contributed by atoms with E-state index >= 15 is 0 Å². The lowest BCUT2D eigenvalue weighted by Crippen LogP contribution is -2.22. The third-order valence-electron chi connectivity index (χ3n) is 7.42. The van der Waals surface area contributed by atoms with E-state index in [-0.39, 0.29) is 23.4 Å². The Kier molecular flexibility index (Phi) is 5.57. The smallest absolute Gasteiger partial charge is 0.335 e. The molecule has 7 heteroatoms. The van der Waals surface area contributed by atoms with Crippen LogP contribution in [0.15, 0.2) is 66.9 Å². The fourth-order valence-corrected chi connectivity index (χ4v) is 5.69. The van der Waals surface area contributed by atoms with E-state index in [1.54, 1.807) is 25.4 Å². The maximum Gasteiger partial charge on any atom is 0.335 e. The molecule has 182 valence electrons. The molecule has 0 spiro atoms. The second kappa shape index (κ2) is 8.91. The molecule has 6 rings (SSSR count). The number of hydrogen-bond acceptors (Lipinski definition) is 3. The van der Waals surface area contributed by atoms with Gasteiger partial charge in [0.05, 0.1) is 28.9 Å². The Morgan fingerprint density at radius 1 is 1.11 bits per heavy atom. The van der Waals surface area contributed by atoms with Crippen LogP contribution in [0, 0.1) is 5.82 Å². The normalized spacial score (nSPS) is 18.2. The number of ether oxygens (including phenoxy) is 1. The Labute approximate surface area is 207 Å². The number of nitrogens with one attached hydrogen (secondary N) is 1. The standard InChI is InChI=1S/C29H26FN3O3/c1-36-23-4-2-3-19(13-23)28-27(17-5-7-18(8-6-17)29(34)35)24-15-25-20(16-31-32-25)14-26(24)33(28)22-11-9-21(30)10-12-22/h5-12,14-16,19,23H,2-4,13H2,1H3,(H,31,32)(H,34,35). The summed E-state index contributed by atoms with van der Waals surface area (Å²) >= 11 is 0. The molecule has 1 fully saturated rings. The Balaban J connectivity index is 1.69. The number of aromatic nitrogens is 3. The minimum atomic E-state index is -0.954. The maximum atomic E-state index is 13.9. The number of nitrogens with zero attached hydrogens (tertiary/aromatic N) is 2. The number of benzene rings is 3. The van der Waals surface area contributed by atoms with E-state index in [9.17, 15) is 14.3 Å². The number of methoxy groups -OCH3 is 1. The summed E-state index contributed by atoms with van der Waals surface area (Å²) in [6.07, 6.45) is 5.95. The molecule has 2 aromatic heterocycles. The number of fused-ring (bicyclic) bond motifs is 2. The Morgan fingerprint density at radius 2 is 1.89 bits per heavy atom. The Morgan fingerprint density at radius 3 is 2.61 bits per heavy atom. The number of carboxylic acids is 1. The van der Waals surface area contributed by atoms with Crippen molar-refractivity contribution in [3.05, 3.63) is 83.9 Å². The summed E-state index contributed by atoms with van der Waals surface area (Å²) in [4.78, 5) is 11.5. The fourth-order valence-electron chi connectivity index (χ4n) is 5.69. The van der Waals surface area contributed by atoms with Crippen LogP contribution < -0.4 is 0 Å². The lowest BCUT2D eigenvalue weighted by Gasteiger charge is -2.30. The van der Waals surface area contributed by atoms with Crippen molar-refractivity contribution in [3.63, 3.8) is 0 Å². The van der Waals surface area contributed by atoms with Crippen molar-refractivity contribution in [3.8, 4) is 16.8 Å². The average molecular weight is 484 g/mol. The topological polar surface area (TPSA) is 80.1 Å². The van der Waals surface area contributed by atoms with Gasteiger partial charge in [-0.25, -0.2) is 9.18 Å². The van der Waals surface area contributed by atoms with Crippen molar-refractivity contribution in [2.75, 3.05) is 7.11 Å². The second-order valence-corrected chi connectivity index (χ2v) is 9.50. The second-order valence-electron chi connectivity index (χ2n) is 9.50. The molecule has 3 aromatic carbocycles. The quantitative estimate of drug-likeness (QED) is 0.292. The minimum Gasteiger partial charge on any atom is -0.478 e. The number of H-pyrrole nitrogens is 1. The highest BCUT2D eigenvalue weighted by molar-refractivity contribution is 6.06. The molecule has 36 heavy (non-hydrogen) atoms. The predicted molar refractivity (Wildman–Crippen MR) is 137 cm³/mol. The van der Waals surface area contributed by atoms with Crippen LogP contribution in [0.25, 0.3) is 38.6 Å². The first-order valence-electron chi connectivity index (χ1n) is 12.2. The Bertz CT molecular complexity index is 1570. The third kappa shape index (κ3) is 3.76. The molecular formula is C29H26FN3O3. The highest BCUT2D eigenvalue weighted by atomic mass is 19.1. The first kappa shape index (κ1) is 22.5. The number of carbonyl (C=O) groups is 1. The number of hydrogen-bond donors (Lipinski definition) is 2. The van der Waals surface area contributed by atoms with Gasteiger partial charge < -0.3 is 14.4 Å². The van der Waals surface area contributed by atoms with Crippen molar-refractivity contribution in [1.82, 2.24) is 14.8 Å². The van der Waals surface area contributed by atoms with Gasteiger partial charge in [0.25, 0.3) is 0 Å². The summed E-state index contributed by atoms with van der Waals surface area (Å²) in [5.74, 6) is -1.02. The zero-order valence-corrected chi connectivity index (χ0v) is 19.9. The van der Waals surface area contributed by atoms with Gasteiger partial charge in [-0.2, -0.15) is 5.10 Å². The van der Waals surface area contributed by atoms with Crippen molar-refractivity contribution in [2.45, 2.75) is 37.7 Å². The van der Waals surface area contributed by atoms with Gasteiger partial charge in [0.2, 0.25) is 0 Å². The molecule has 2 heterocycles. The van der Waals surface area contributed by atoms with Gasteiger partial charge in [0.15, 0.2) is 0 Å². The van der Waals surface area contributed by atoms with Crippen LogP contribution in [0.1, 0.15) is 47.7 Å². The lowest BCUT2D eigenvalue weighted by molar-refractivity contribution is 0.0629. The summed E-state index contributed by atoms with van der Waals surface area (Å²) in [5, 5.41) is 18.8. The summed E-state index contributed by atoms with van der Waals surface area (Å²) in [6, 6.07) is 17.9. The largest absolute Gasteiger partial charge is 0.478 e. The van der Waals surface area contributed by atoms with E-state index in [0.717, 1.165) is 70.0 Å². The zero-order chi connectivity index (χ0) is 24.8. The van der Waals surface area contributed by atoms with Gasteiger partial charge >= 0.3 is 5.97 Å². The van der Waals surface area contributed by atoms with Crippen LogP contribution in [-0.4, -0.2) is 39.1 Å². The van der Waals surface area contributed by atoms with E-state index < -0.39 is 5.97 Å². The van der Waals surface area contributed by atoms with E-state index in [1.165, 1.54) is 12.1 Å². The van der Waals surface area contributed by atoms with E-state index in [2.05, 4.69) is 26.9 Å². The van der Waals surface area contributed by atoms with Crippen LogP contribution in [-0.2, 0) is 4.74 Å². The monoisotopic (exact) mass is 483 g/mol. The molecule has 1 aliphatic rings. The highest BCUT2D eigenvalue weighted by Crippen LogP contribution is 2.46. The molecular weight excluding hydrogens is 457 g/mol. The van der Waals surface area contributed by atoms with Crippen LogP contribution in [0.5, 0.6) is 0 Å². The van der Waals surface area contributed by atoms with Gasteiger partial charge in [-0.3, -0.25) is 5.10 Å². The van der Waals surface area contributed by atoms with Crippen LogP contribution in [0.4, 0.5) is 4.39 Å². The van der Waals surface area contributed by atoms with E-state index in [1.807, 2.05) is 24.3 Å². The molecule has 2 atom stereocenters. The molecule has 6 nitrogen and oxygen atoms in total. The van der Waals surface area contributed by atoms with Crippen molar-refractivity contribution in [2.24, 2.45) is 0 Å². The predicted octanol–water partition coefficient (Wildman–Crippen LogP) is 6.68. The number of aromatic amines is 1. The summed E-state index contributed by atoms with van der Waals surface area (Å²) in [6.45, 7) is 0. The molecule has 0 radical (unpaired) electrons. The highest BCUT2D eigenvalue weighted by Gasteiger charge is 2.31. The van der Waals surface area contributed by atoms with Crippen molar-refractivity contribution in [1.29, 1.82) is 0 Å². The lowest BCUT2D eigenvalue weighted by atomic mass is 9.82. The molecule has 1 aliphatic carbocycles. The van der Waals surface area contributed by atoms with Gasteiger partial charge in [0, 0.05) is 40.7 Å². The van der Waals surface area contributed by atoms with Crippen molar-refractivity contribution < 1.29 is 19.0 Å². The summed E-state index contributed by atoms with van der Waals surface area (Å²) in [7, 11) is 1.77. The first-order valence-corrected chi connectivity index (χ1v) is 12.2. The summed E-state index contributed by atoms with van der Waals surface area (Å²) in [5.41, 5.74) is 6.20. The molecule has 2 N–H and O–H groups in total. The van der Waals surface area contributed by atoms with Crippen LogP contribution in [0.3, 0.4) is 0 Å². The first-order chi connectivity index (χ1) is 17.5. The number of rotatable bonds is 5. The molecule has 0 aliphatic heterocycles. The van der Waals surface area contributed by atoms with Gasteiger partial charge in [0.1, 0.15) is 5.82 Å². The van der Waals surface area contributed by atoms with Crippen LogP contribution in [0.2, 0.25) is 0 Å². The van der Waals surface area contributed by atoms with Crippen LogP contribution >= 0.6 is 0 Å². The Hall–Kier alpha value is -3.97. The number of aromatic carboxylic acids is 1. The molecule has 0 saturated heterocycles. The number of carboxylic acid groups (broad SMARTS) is 1. The minimum absolute atomic E-state index is 0.171. The fraction of sp³-hybridized carbons (Fsp3) is 0.241. The van der Waals surface area contributed by atoms with E-state index in [4.69, 9.17) is 4.74 Å². The van der Waals surface area contributed by atoms with Crippen molar-refractivity contribution >= 4 is 27.8 Å². The third-order valence-corrected chi connectivity index (χ3v) is 7.42. The van der Waals surface area contributed by atoms with Gasteiger partial charge in [-0.05, 0) is 73.4 Å². The van der Waals surface area contributed by atoms with Gasteiger partial charge in [-0.1, -0.05) is 18.6 Å². The summed E-state index contributed by atoms with van der Waals surface area (Å²) < 4.78 is 21.9. The molecule has 1 saturated carbocycles. The van der Waals surface area contributed by atoms with E-state index in [0.29, 0.717) is 0 Å². The SMILES string of the molecule is COC1CCCC(c2c(-c3ccc(C(=O)O)cc3)c3cc4[nH]ncc4cc3n2-c2ccc(F)cc2)C1. The molecule has 5 aromatic rings.